The number of unbranched alkanes of at least 4 members (excludes halogenated alkanes) is 14. The predicted molar refractivity (Wildman–Crippen MR) is 246 cm³/mol. The zero-order valence-corrected chi connectivity index (χ0v) is 41.8. The largest absolute Gasteiger partial charge is 0.481 e. The van der Waals surface area contributed by atoms with Crippen molar-refractivity contribution in [2.24, 2.45) is 0 Å². The average molecular weight is 1050 g/mol. The number of esters is 4. The van der Waals surface area contributed by atoms with Gasteiger partial charge in [0.1, 0.15) is 42.6 Å². The zero-order chi connectivity index (χ0) is 50.9. The molecule has 4 heterocycles. The predicted octanol–water partition coefficient (Wildman–Crippen LogP) is 5.02. The van der Waals surface area contributed by atoms with E-state index in [2.05, 4.69) is 21.9 Å². The molecule has 0 spiro atoms. The molecule has 5 unspecified atom stereocenters. The summed E-state index contributed by atoms with van der Waals surface area (Å²) in [7, 11) is -5.78. The molecule has 2 aliphatic heterocycles. The van der Waals surface area contributed by atoms with Gasteiger partial charge in [0.25, 0.3) is 5.56 Å². The molecular formula is C42H67FN4O19P2S. The molecule has 0 radical (unpaired) electrons. The van der Waals surface area contributed by atoms with Crippen LogP contribution in [0.5, 0.6) is 0 Å². The van der Waals surface area contributed by atoms with Crippen LogP contribution in [-0.4, -0.2) is 127 Å². The Labute approximate surface area is 403 Å². The quantitative estimate of drug-likeness (QED) is 0.0234. The normalized spacial score (nSPS) is 25.9. The topological polar surface area (TPSA) is 337 Å². The van der Waals surface area contributed by atoms with E-state index in [9.17, 15) is 48.5 Å². The number of nitrogens with one attached hydrogen (secondary N) is 2. The highest BCUT2D eigenvalue weighted by Gasteiger charge is 2.57. The second kappa shape index (κ2) is 28.0. The van der Waals surface area contributed by atoms with Crippen LogP contribution in [0.3, 0.4) is 0 Å². The number of hydrogen-bond acceptors (Lipinski definition) is 20. The van der Waals surface area contributed by atoms with E-state index in [1.807, 2.05) is 0 Å². The molecule has 2 saturated heterocycles. The highest BCUT2D eigenvalue weighted by atomic mass is 32.5. The van der Waals surface area contributed by atoms with E-state index >= 15 is 4.39 Å². The number of fused-ring (bicyclic) bond motifs is 1. The third-order valence-electron chi connectivity index (χ3n) is 11.2. The van der Waals surface area contributed by atoms with E-state index in [0.717, 1.165) is 52.9 Å². The highest BCUT2D eigenvalue weighted by molar-refractivity contribution is 8.08. The molecule has 392 valence electrons. The highest BCUT2D eigenvalue weighted by Crippen LogP contribution is 2.62. The van der Waals surface area contributed by atoms with Crippen molar-refractivity contribution in [2.45, 2.75) is 192 Å². The average Bonchev–Trinajstić information content (AvgIpc) is 3.81. The number of alkyl halides is 1. The summed E-state index contributed by atoms with van der Waals surface area (Å²) < 4.78 is 76.8. The van der Waals surface area contributed by atoms with Gasteiger partial charge < -0.3 is 63.7 Å². The van der Waals surface area contributed by atoms with E-state index < -0.39 is 118 Å². The molecule has 4 rings (SSSR count). The molecule has 2 aliphatic rings. The number of carbonyl (C=O) groups excluding carboxylic acids is 4. The number of rotatable bonds is 30. The Morgan fingerprint density at radius 1 is 0.826 bits per heavy atom. The van der Waals surface area contributed by atoms with Gasteiger partial charge >= 0.3 is 38.4 Å². The van der Waals surface area contributed by atoms with E-state index in [0.29, 0.717) is 6.42 Å². The minimum absolute atomic E-state index is 0.0151. The number of aromatic amines is 2. The minimum atomic E-state index is -5.78. The van der Waals surface area contributed by atoms with E-state index in [-0.39, 0.29) is 29.1 Å². The van der Waals surface area contributed by atoms with Crippen LogP contribution in [0.2, 0.25) is 0 Å². The third kappa shape index (κ3) is 18.9. The van der Waals surface area contributed by atoms with Crippen molar-refractivity contribution in [3.8, 4) is 0 Å². The van der Waals surface area contributed by atoms with Crippen molar-refractivity contribution >= 4 is 67.2 Å². The molecule has 8 N–H and O–H groups in total. The van der Waals surface area contributed by atoms with Crippen LogP contribution >= 0.6 is 14.5 Å². The van der Waals surface area contributed by atoms with Crippen LogP contribution in [-0.2, 0) is 77.3 Å². The minimum Gasteiger partial charge on any atom is -0.462 e. The molecule has 23 nitrogen and oxygen atoms in total. The number of nitrogen functional groups attached to an aromatic ring is 1. The first-order valence-electron chi connectivity index (χ1n) is 23.2. The molecule has 12 atom stereocenters. The van der Waals surface area contributed by atoms with Gasteiger partial charge in [0, 0.05) is 32.9 Å². The summed E-state index contributed by atoms with van der Waals surface area (Å²) in [4.78, 5) is 92.5. The number of nitrogens with zero attached hydrogens (tertiary/aromatic N) is 1. The summed E-state index contributed by atoms with van der Waals surface area (Å²) in [5, 5.41) is 21.4. The van der Waals surface area contributed by atoms with Crippen LogP contribution in [0.25, 0.3) is 11.0 Å². The van der Waals surface area contributed by atoms with Crippen molar-refractivity contribution in [1.82, 2.24) is 15.0 Å². The number of halogens is 1. The molecule has 27 heteroatoms. The maximum absolute atomic E-state index is 16.2. The Morgan fingerprint density at radius 3 is 1.93 bits per heavy atom. The first-order chi connectivity index (χ1) is 32.6. The number of aliphatic hydroxyl groups is 2. The van der Waals surface area contributed by atoms with Gasteiger partial charge in [-0.3, -0.25) is 33.5 Å². The molecule has 2 fully saturated rings. The van der Waals surface area contributed by atoms with Crippen molar-refractivity contribution in [2.75, 3.05) is 18.9 Å². The van der Waals surface area contributed by atoms with E-state index in [1.165, 1.54) is 63.9 Å². The SMILES string of the molecule is CCCCCCCCCCCCCCCCCC(=O)OC[C@H](F)C1O[C@@H](OP(=O)(O)OP(O)(=S)OC[C@H]2O[C@@H](c3cc4nc(N)[nH]c(=O)c4[nH]3)C(O)[C@H]2O)[C@H](OC(C)=O)C(OC(C)=O)[C@@H]1OC(C)=O. The Hall–Kier alpha value is -3.45. The second-order valence-electron chi connectivity index (χ2n) is 17.0. The number of anilines is 1. The number of phosphoric ester groups is 1. The molecule has 69 heavy (non-hydrogen) atoms. The van der Waals surface area contributed by atoms with Crippen LogP contribution < -0.4 is 11.3 Å². The van der Waals surface area contributed by atoms with Gasteiger partial charge in [-0.2, -0.15) is 0 Å². The number of ether oxygens (including phenoxy) is 6. The maximum atomic E-state index is 16.2. The Morgan fingerprint density at radius 2 is 1.36 bits per heavy atom. The molecule has 0 saturated carbocycles. The zero-order valence-electron chi connectivity index (χ0n) is 39.2. The van der Waals surface area contributed by atoms with E-state index in [1.54, 1.807) is 0 Å². The molecule has 0 aromatic carbocycles. The smallest absolute Gasteiger partial charge is 0.462 e. The molecule has 2 aromatic rings. The van der Waals surface area contributed by atoms with Gasteiger partial charge in [0.2, 0.25) is 12.2 Å². The van der Waals surface area contributed by atoms with Crippen molar-refractivity contribution < 1.29 is 89.9 Å². The fourth-order valence-electron chi connectivity index (χ4n) is 7.99. The summed E-state index contributed by atoms with van der Waals surface area (Å²) >= 11 is 4.90. The number of aromatic nitrogens is 3. The maximum Gasteiger partial charge on any atom is 0.481 e. The Bertz CT molecular complexity index is 2150. The number of carbonyl (C=O) groups is 4. The van der Waals surface area contributed by atoms with Gasteiger partial charge in [0.05, 0.1) is 12.1 Å². The van der Waals surface area contributed by atoms with Crippen LogP contribution in [0.15, 0.2) is 10.9 Å². The summed E-state index contributed by atoms with van der Waals surface area (Å²) in [6.45, 7) is -1.85. The first-order valence-corrected chi connectivity index (χ1v) is 27.3. The first kappa shape index (κ1) is 58.1. The fraction of sp³-hybridized carbons (Fsp3) is 0.762. The van der Waals surface area contributed by atoms with Gasteiger partial charge in [-0.15, -0.1) is 0 Å². The Kier molecular flexibility index (Phi) is 23.6. The van der Waals surface area contributed by atoms with Crippen LogP contribution in [0, 0.1) is 0 Å². The molecule has 0 amide bonds. The lowest BCUT2D eigenvalue weighted by Gasteiger charge is -2.45. The third-order valence-corrected chi connectivity index (χ3v) is 14.7. The number of H-pyrrole nitrogens is 2. The fourth-order valence-corrected chi connectivity index (χ4v) is 11.1. The van der Waals surface area contributed by atoms with Gasteiger partial charge in [-0.1, -0.05) is 96.8 Å². The lowest BCUT2D eigenvalue weighted by Crippen LogP contribution is -2.64. The summed E-state index contributed by atoms with van der Waals surface area (Å²) in [5.41, 5.74) is 5.16. The molecule has 0 aliphatic carbocycles. The van der Waals surface area contributed by atoms with Gasteiger partial charge in [0.15, 0.2) is 24.5 Å². The van der Waals surface area contributed by atoms with Crippen LogP contribution in [0.1, 0.15) is 142 Å². The monoisotopic (exact) mass is 1040 g/mol. The van der Waals surface area contributed by atoms with Gasteiger partial charge in [-0.25, -0.2) is 18.3 Å². The molecule has 0 bridgehead atoms. The second-order valence-corrected chi connectivity index (χ2v) is 21.4. The number of hydrogen-bond donors (Lipinski definition) is 7. The summed E-state index contributed by atoms with van der Waals surface area (Å²) in [5.74, 6) is -4.18. The summed E-state index contributed by atoms with van der Waals surface area (Å²) in [6.07, 6.45) is -2.22. The number of nitrogens with two attached hydrogens (primary N) is 1. The van der Waals surface area contributed by atoms with Crippen molar-refractivity contribution in [3.05, 3.63) is 22.1 Å². The van der Waals surface area contributed by atoms with Crippen LogP contribution in [0.4, 0.5) is 10.3 Å². The molecule has 2 aromatic heterocycles. The van der Waals surface area contributed by atoms with Gasteiger partial charge in [-0.05, 0) is 24.3 Å². The number of phosphoric acid groups is 1. The molecular weight excluding hydrogens is 977 g/mol. The number of aliphatic hydroxyl groups excluding tert-OH is 2. The standard InChI is InChI=1S/C42H67FN4O19P2S/c1-5-6-7-8-9-10-11-12-13-14-15-16-17-18-19-20-31(51)58-22-27(43)35-37(60-24(2)48)38(61-25(3)49)39(62-26(4)50)41(64-35)65-67(55,56)66-68(57,69)59-23-30-33(52)34(53)36(63-30)29-21-28-32(45-29)40(54)47-42(44)46-28/h21,27,30,33-39,41,45,52-53H,5-20,22-23H2,1-4H3,(H,55,56)(H,57,69)(H3,44,46,47,54)/t27-,30+,33-,34?,35?,36-,37+,38?,39+,41-,68?/m0/s1. The van der Waals surface area contributed by atoms with E-state index in [4.69, 9.17) is 59.3 Å². The van der Waals surface area contributed by atoms with Crippen molar-refractivity contribution in [1.29, 1.82) is 0 Å². The van der Waals surface area contributed by atoms with Crippen molar-refractivity contribution in [3.63, 3.8) is 0 Å². The Balaban J connectivity index is 1.34. The lowest BCUT2D eigenvalue weighted by molar-refractivity contribution is -0.296. The summed E-state index contributed by atoms with van der Waals surface area (Å²) in [6, 6.07) is 1.34. The lowest BCUT2D eigenvalue weighted by atomic mass is 9.95.